The van der Waals surface area contributed by atoms with Crippen molar-refractivity contribution in [3.63, 3.8) is 0 Å². The van der Waals surface area contributed by atoms with E-state index >= 15 is 0 Å². The van der Waals surface area contributed by atoms with E-state index < -0.39 is 18.1 Å². The molecule has 0 aromatic heterocycles. The van der Waals surface area contributed by atoms with Crippen LogP contribution in [-0.4, -0.2) is 28.3 Å². The topological polar surface area (TPSA) is 98.4 Å². The molecule has 0 atom stereocenters. The van der Waals surface area contributed by atoms with E-state index in [1.807, 2.05) is 0 Å². The molecule has 0 amide bonds. The standard InChI is InChI=1S/C2HF3O2.C2H3N.C2H4O2/c3-2(4,5)1(6)7;1-2-3;1-2(3)4/h(H,6,7);1H3;1H3,(H,3,4). The van der Waals surface area contributed by atoms with E-state index in [1.54, 1.807) is 6.07 Å². The highest BCUT2D eigenvalue weighted by Crippen LogP contribution is 2.13. The maximum Gasteiger partial charge on any atom is 0.490 e. The number of hydrogen-bond acceptors (Lipinski definition) is 3. The highest BCUT2D eigenvalue weighted by Gasteiger charge is 2.38. The van der Waals surface area contributed by atoms with Crippen LogP contribution >= 0.6 is 0 Å². The Labute approximate surface area is 77.4 Å². The van der Waals surface area contributed by atoms with E-state index in [9.17, 15) is 13.2 Å². The number of aliphatic carboxylic acids is 2. The summed E-state index contributed by atoms with van der Waals surface area (Å²) in [6, 6.07) is 1.75. The Bertz CT molecular complexity index is 214. The summed E-state index contributed by atoms with van der Waals surface area (Å²) in [5, 5.41) is 21.9. The number of rotatable bonds is 0. The average molecular weight is 215 g/mol. The Balaban J connectivity index is -0.000000147. The Morgan fingerprint density at radius 2 is 1.36 bits per heavy atom. The lowest BCUT2D eigenvalue weighted by Gasteiger charge is -1.93. The zero-order valence-electron chi connectivity index (χ0n) is 7.29. The van der Waals surface area contributed by atoms with Gasteiger partial charge in [0.05, 0.1) is 6.07 Å². The van der Waals surface area contributed by atoms with Gasteiger partial charge in [0.25, 0.3) is 5.97 Å². The zero-order valence-corrected chi connectivity index (χ0v) is 7.29. The lowest BCUT2D eigenvalue weighted by molar-refractivity contribution is -0.192. The SMILES string of the molecule is CC#N.CC(=O)O.O=C(O)C(F)(F)F. The van der Waals surface area contributed by atoms with Crippen molar-refractivity contribution in [1.29, 1.82) is 5.26 Å². The Morgan fingerprint density at radius 3 is 1.36 bits per heavy atom. The fraction of sp³-hybridized carbons (Fsp3) is 0.500. The number of alkyl halides is 3. The molecular formula is C6H8F3NO4. The molecule has 5 nitrogen and oxygen atoms in total. The van der Waals surface area contributed by atoms with Crippen molar-refractivity contribution >= 4 is 11.9 Å². The van der Waals surface area contributed by atoms with E-state index in [1.165, 1.54) is 6.92 Å². The summed E-state index contributed by atoms with van der Waals surface area (Å²) in [6.45, 7) is 2.51. The normalized spacial score (nSPS) is 8.00. The average Bonchev–Trinajstić information content (AvgIpc) is 1.84. The van der Waals surface area contributed by atoms with E-state index in [0.29, 0.717) is 0 Å². The Kier molecular flexibility index (Phi) is 12.0. The number of carbonyl (C=O) groups is 2. The van der Waals surface area contributed by atoms with Crippen molar-refractivity contribution in [3.05, 3.63) is 0 Å². The third-order valence-corrected chi connectivity index (χ3v) is 0.243. The van der Waals surface area contributed by atoms with Gasteiger partial charge in [-0.15, -0.1) is 0 Å². The largest absolute Gasteiger partial charge is 0.490 e. The monoisotopic (exact) mass is 215 g/mol. The second-order valence-corrected chi connectivity index (χ2v) is 1.55. The van der Waals surface area contributed by atoms with Crippen LogP contribution in [0.4, 0.5) is 13.2 Å². The first-order valence-electron chi connectivity index (χ1n) is 2.90. The van der Waals surface area contributed by atoms with E-state index in [4.69, 9.17) is 25.1 Å². The fourth-order valence-electron chi connectivity index (χ4n) is 0. The molecule has 0 rings (SSSR count). The molecule has 0 aliphatic heterocycles. The molecule has 0 aromatic carbocycles. The number of halogens is 3. The molecule has 2 N–H and O–H groups in total. The van der Waals surface area contributed by atoms with Crippen LogP contribution in [0.1, 0.15) is 13.8 Å². The molecule has 0 heterocycles. The maximum absolute atomic E-state index is 10.6. The predicted octanol–water partition coefficient (Wildman–Crippen LogP) is 1.25. The van der Waals surface area contributed by atoms with Crippen LogP contribution in [0.5, 0.6) is 0 Å². The first-order chi connectivity index (χ1) is 6.09. The summed E-state index contributed by atoms with van der Waals surface area (Å²) in [4.78, 5) is 17.9. The zero-order chi connectivity index (χ0) is 12.4. The predicted molar refractivity (Wildman–Crippen MR) is 38.3 cm³/mol. The van der Waals surface area contributed by atoms with Gasteiger partial charge in [-0.1, -0.05) is 0 Å². The third-order valence-electron chi connectivity index (χ3n) is 0.243. The summed E-state index contributed by atoms with van der Waals surface area (Å²) in [5.74, 6) is -3.59. The molecule has 0 radical (unpaired) electrons. The lowest BCUT2D eigenvalue weighted by atomic mass is 10.7. The second-order valence-electron chi connectivity index (χ2n) is 1.55. The van der Waals surface area contributed by atoms with Crippen LogP contribution in [0.2, 0.25) is 0 Å². The quantitative estimate of drug-likeness (QED) is 0.633. The van der Waals surface area contributed by atoms with Crippen LogP contribution in [0.25, 0.3) is 0 Å². The minimum absolute atomic E-state index is 0.833. The van der Waals surface area contributed by atoms with Crippen LogP contribution < -0.4 is 0 Å². The molecular weight excluding hydrogens is 207 g/mol. The maximum atomic E-state index is 10.6. The minimum atomic E-state index is -5.08. The molecule has 0 fully saturated rings. The number of nitriles is 1. The third kappa shape index (κ3) is 48.8. The summed E-state index contributed by atoms with van der Waals surface area (Å²) in [7, 11) is 0. The first kappa shape index (κ1) is 18.1. The Hall–Kier alpha value is -1.78. The van der Waals surface area contributed by atoms with Gasteiger partial charge in [0.2, 0.25) is 0 Å². The summed E-state index contributed by atoms with van der Waals surface area (Å²) in [6.07, 6.45) is -5.08. The molecule has 0 aromatic rings. The molecule has 0 unspecified atom stereocenters. The summed E-state index contributed by atoms with van der Waals surface area (Å²) >= 11 is 0. The van der Waals surface area contributed by atoms with Crippen LogP contribution in [0.3, 0.4) is 0 Å². The van der Waals surface area contributed by atoms with Crippen molar-refractivity contribution < 1.29 is 33.0 Å². The highest BCUT2D eigenvalue weighted by atomic mass is 19.4. The van der Waals surface area contributed by atoms with Crippen molar-refractivity contribution in [1.82, 2.24) is 0 Å². The highest BCUT2D eigenvalue weighted by molar-refractivity contribution is 5.73. The molecule has 14 heavy (non-hydrogen) atoms. The van der Waals surface area contributed by atoms with E-state index in [2.05, 4.69) is 0 Å². The van der Waals surface area contributed by atoms with Gasteiger partial charge in [0, 0.05) is 13.8 Å². The number of carboxylic acid groups (broad SMARTS) is 2. The molecule has 0 aliphatic rings. The number of nitrogens with zero attached hydrogens (tertiary/aromatic N) is 1. The molecule has 8 heteroatoms. The fourth-order valence-corrected chi connectivity index (χ4v) is 0. The molecule has 0 saturated carbocycles. The lowest BCUT2D eigenvalue weighted by Crippen LogP contribution is -2.21. The smallest absolute Gasteiger partial charge is 0.481 e. The van der Waals surface area contributed by atoms with Crippen molar-refractivity contribution in [2.75, 3.05) is 0 Å². The van der Waals surface area contributed by atoms with Gasteiger partial charge >= 0.3 is 12.1 Å². The first-order valence-corrected chi connectivity index (χ1v) is 2.90. The van der Waals surface area contributed by atoms with Crippen molar-refractivity contribution in [3.8, 4) is 6.07 Å². The Morgan fingerprint density at radius 1 is 1.29 bits per heavy atom. The van der Waals surface area contributed by atoms with E-state index in [0.717, 1.165) is 6.92 Å². The van der Waals surface area contributed by atoms with Crippen LogP contribution in [0.15, 0.2) is 0 Å². The van der Waals surface area contributed by atoms with Crippen molar-refractivity contribution in [2.24, 2.45) is 0 Å². The molecule has 0 spiro atoms. The van der Waals surface area contributed by atoms with Gasteiger partial charge < -0.3 is 10.2 Å². The van der Waals surface area contributed by atoms with Crippen LogP contribution in [-0.2, 0) is 9.59 Å². The summed E-state index contributed by atoms with van der Waals surface area (Å²) in [5.41, 5.74) is 0. The van der Waals surface area contributed by atoms with Crippen molar-refractivity contribution in [2.45, 2.75) is 20.0 Å². The van der Waals surface area contributed by atoms with Gasteiger partial charge in [-0.2, -0.15) is 18.4 Å². The molecule has 0 saturated heterocycles. The van der Waals surface area contributed by atoms with Gasteiger partial charge in [-0.05, 0) is 0 Å². The molecule has 0 aliphatic carbocycles. The number of carboxylic acids is 2. The van der Waals surface area contributed by atoms with Crippen LogP contribution in [0, 0.1) is 11.3 Å². The molecule has 82 valence electrons. The van der Waals surface area contributed by atoms with Gasteiger partial charge in [-0.3, -0.25) is 4.79 Å². The van der Waals surface area contributed by atoms with E-state index in [-0.39, 0.29) is 0 Å². The van der Waals surface area contributed by atoms with Gasteiger partial charge in [0.15, 0.2) is 0 Å². The van der Waals surface area contributed by atoms with Gasteiger partial charge in [-0.25, -0.2) is 4.79 Å². The van der Waals surface area contributed by atoms with Gasteiger partial charge in [0.1, 0.15) is 0 Å². The second kappa shape index (κ2) is 9.31. The summed E-state index contributed by atoms with van der Waals surface area (Å²) < 4.78 is 31.7. The minimum Gasteiger partial charge on any atom is -0.481 e. The number of hydrogen-bond donors (Lipinski definition) is 2. The molecule has 0 bridgehead atoms.